The molecule has 30 heavy (non-hydrogen) atoms. The van der Waals surface area contributed by atoms with E-state index in [0.717, 1.165) is 5.56 Å². The molecule has 1 atom stereocenters. The summed E-state index contributed by atoms with van der Waals surface area (Å²) in [5.41, 5.74) is 0.993. The predicted octanol–water partition coefficient (Wildman–Crippen LogP) is 3.88. The Labute approximate surface area is 177 Å². The van der Waals surface area contributed by atoms with Gasteiger partial charge in [-0.05, 0) is 32.4 Å². The molecule has 7 nitrogen and oxygen atoms in total. The van der Waals surface area contributed by atoms with Crippen molar-refractivity contribution in [2.45, 2.75) is 45.4 Å². The number of rotatable bonds is 8. The molecule has 0 saturated carbocycles. The quantitative estimate of drug-likeness (QED) is 0.659. The molecule has 0 bridgehead atoms. The fourth-order valence-corrected chi connectivity index (χ4v) is 2.78. The van der Waals surface area contributed by atoms with Crippen molar-refractivity contribution in [3.05, 3.63) is 59.7 Å². The molecule has 0 fully saturated rings. The molecule has 7 heteroatoms. The van der Waals surface area contributed by atoms with E-state index in [-0.39, 0.29) is 6.42 Å². The van der Waals surface area contributed by atoms with E-state index >= 15 is 0 Å². The van der Waals surface area contributed by atoms with Crippen molar-refractivity contribution in [2.24, 2.45) is 0 Å². The average molecular weight is 415 g/mol. The minimum atomic E-state index is -0.948. The lowest BCUT2D eigenvalue weighted by atomic mass is 10.0. The van der Waals surface area contributed by atoms with Crippen LogP contribution in [0.2, 0.25) is 0 Å². The number of methoxy groups -OCH3 is 2. The number of benzene rings is 2. The first-order chi connectivity index (χ1) is 14.2. The van der Waals surface area contributed by atoms with E-state index in [4.69, 9.17) is 18.9 Å². The molecule has 1 N–H and O–H groups in total. The summed E-state index contributed by atoms with van der Waals surface area (Å²) in [5, 5.41) is 2.58. The molecule has 0 aliphatic rings. The largest absolute Gasteiger partial charge is 0.493 e. The molecule has 0 spiro atoms. The van der Waals surface area contributed by atoms with Crippen LogP contribution >= 0.6 is 0 Å². The van der Waals surface area contributed by atoms with E-state index in [1.807, 2.05) is 36.4 Å². The standard InChI is InChI=1S/C23H29NO6/c1-23(2,3)30-22(26)24-18(21(25)28-5)14-17-12-9-13-19(27-4)20(17)29-15-16-10-7-6-8-11-16/h6-13,18H,14-15H2,1-5H3,(H,24,26). The molecular weight excluding hydrogens is 386 g/mol. The van der Waals surface area contributed by atoms with Gasteiger partial charge in [-0.25, -0.2) is 9.59 Å². The van der Waals surface area contributed by atoms with Gasteiger partial charge in [-0.2, -0.15) is 0 Å². The number of amides is 1. The third kappa shape index (κ3) is 6.99. The molecule has 0 radical (unpaired) electrons. The van der Waals surface area contributed by atoms with E-state index in [9.17, 15) is 9.59 Å². The van der Waals surface area contributed by atoms with Crippen LogP contribution in [0.1, 0.15) is 31.9 Å². The van der Waals surface area contributed by atoms with Crippen molar-refractivity contribution >= 4 is 12.1 Å². The Kier molecular flexibility index (Phi) is 8.09. The zero-order valence-electron chi connectivity index (χ0n) is 18.1. The molecule has 2 aromatic rings. The summed E-state index contributed by atoms with van der Waals surface area (Å²) < 4.78 is 21.6. The minimum Gasteiger partial charge on any atom is -0.493 e. The van der Waals surface area contributed by atoms with Crippen molar-refractivity contribution in [1.29, 1.82) is 0 Å². The van der Waals surface area contributed by atoms with E-state index in [2.05, 4.69) is 5.32 Å². The van der Waals surface area contributed by atoms with Gasteiger partial charge in [0.1, 0.15) is 18.2 Å². The van der Waals surface area contributed by atoms with Crippen LogP contribution in [0.15, 0.2) is 48.5 Å². The van der Waals surface area contributed by atoms with Crippen LogP contribution < -0.4 is 14.8 Å². The molecule has 0 aliphatic heterocycles. The summed E-state index contributed by atoms with van der Waals surface area (Å²) in [6.45, 7) is 5.57. The fraction of sp³-hybridized carbons (Fsp3) is 0.391. The van der Waals surface area contributed by atoms with Gasteiger partial charge < -0.3 is 24.3 Å². The molecular formula is C23H29NO6. The molecule has 0 heterocycles. The normalized spacial score (nSPS) is 11.9. The third-order valence-corrected chi connectivity index (χ3v) is 4.11. The van der Waals surface area contributed by atoms with Crippen molar-refractivity contribution in [3.63, 3.8) is 0 Å². The van der Waals surface area contributed by atoms with Gasteiger partial charge in [0.15, 0.2) is 11.5 Å². The highest BCUT2D eigenvalue weighted by molar-refractivity contribution is 5.81. The summed E-state index contributed by atoms with van der Waals surface area (Å²) in [6, 6.07) is 14.1. The Morgan fingerprint density at radius 2 is 1.70 bits per heavy atom. The van der Waals surface area contributed by atoms with Crippen LogP contribution in [-0.4, -0.2) is 37.9 Å². The van der Waals surface area contributed by atoms with Crippen molar-refractivity contribution in [3.8, 4) is 11.5 Å². The van der Waals surface area contributed by atoms with Gasteiger partial charge in [0, 0.05) is 12.0 Å². The molecule has 162 valence electrons. The monoisotopic (exact) mass is 415 g/mol. The molecule has 0 saturated heterocycles. The summed E-state index contributed by atoms with van der Waals surface area (Å²) >= 11 is 0. The van der Waals surface area contributed by atoms with E-state index < -0.39 is 23.7 Å². The lowest BCUT2D eigenvalue weighted by molar-refractivity contribution is -0.143. The van der Waals surface area contributed by atoms with Crippen molar-refractivity contribution < 1.29 is 28.5 Å². The molecule has 2 rings (SSSR count). The van der Waals surface area contributed by atoms with Crippen LogP contribution in [0.3, 0.4) is 0 Å². The highest BCUT2D eigenvalue weighted by Gasteiger charge is 2.27. The zero-order valence-corrected chi connectivity index (χ0v) is 18.1. The first kappa shape index (κ1) is 23.1. The first-order valence-corrected chi connectivity index (χ1v) is 9.63. The molecule has 0 aliphatic carbocycles. The number of nitrogens with one attached hydrogen (secondary N) is 1. The number of esters is 1. The Morgan fingerprint density at radius 1 is 1.00 bits per heavy atom. The summed E-state index contributed by atoms with van der Waals surface area (Å²) in [7, 11) is 2.82. The van der Waals surface area contributed by atoms with Gasteiger partial charge in [0.05, 0.1) is 14.2 Å². The van der Waals surface area contributed by atoms with Crippen LogP contribution in [0, 0.1) is 0 Å². The van der Waals surface area contributed by atoms with Crippen molar-refractivity contribution in [1.82, 2.24) is 5.32 Å². The highest BCUT2D eigenvalue weighted by Crippen LogP contribution is 2.33. The van der Waals surface area contributed by atoms with Gasteiger partial charge in [0.25, 0.3) is 0 Å². The minimum absolute atomic E-state index is 0.146. The van der Waals surface area contributed by atoms with Crippen LogP contribution in [0.4, 0.5) is 4.79 Å². The second-order valence-electron chi connectivity index (χ2n) is 7.65. The van der Waals surface area contributed by atoms with Crippen LogP contribution in [0.5, 0.6) is 11.5 Å². The summed E-state index contributed by atoms with van der Waals surface area (Å²) in [6.07, 6.45) is -0.555. The SMILES string of the molecule is COC(=O)C(Cc1cccc(OC)c1OCc1ccccc1)NC(=O)OC(C)(C)C. The maximum Gasteiger partial charge on any atom is 0.408 e. The second-order valence-corrected chi connectivity index (χ2v) is 7.65. The summed E-state index contributed by atoms with van der Waals surface area (Å²) in [4.78, 5) is 24.5. The predicted molar refractivity (Wildman–Crippen MR) is 113 cm³/mol. The van der Waals surface area contributed by atoms with E-state index in [1.165, 1.54) is 7.11 Å². The van der Waals surface area contributed by atoms with Gasteiger partial charge >= 0.3 is 12.1 Å². The number of hydrogen-bond acceptors (Lipinski definition) is 6. The topological polar surface area (TPSA) is 83.1 Å². The molecule has 1 unspecified atom stereocenters. The first-order valence-electron chi connectivity index (χ1n) is 9.63. The fourth-order valence-electron chi connectivity index (χ4n) is 2.78. The molecule has 0 aromatic heterocycles. The molecule has 1 amide bonds. The lowest BCUT2D eigenvalue weighted by Crippen LogP contribution is -2.45. The smallest absolute Gasteiger partial charge is 0.408 e. The second kappa shape index (κ2) is 10.5. The van der Waals surface area contributed by atoms with E-state index in [0.29, 0.717) is 23.7 Å². The van der Waals surface area contributed by atoms with Crippen LogP contribution in [-0.2, 0) is 27.3 Å². The number of carbonyl (C=O) groups is 2. The maximum absolute atomic E-state index is 12.3. The van der Waals surface area contributed by atoms with Gasteiger partial charge in [0.2, 0.25) is 0 Å². The number of ether oxygens (including phenoxy) is 4. The number of para-hydroxylation sites is 1. The maximum atomic E-state index is 12.3. The average Bonchev–Trinajstić information content (AvgIpc) is 2.70. The Balaban J connectivity index is 2.23. The van der Waals surface area contributed by atoms with Gasteiger partial charge in [-0.1, -0.05) is 42.5 Å². The Bertz CT molecular complexity index is 845. The van der Waals surface area contributed by atoms with Gasteiger partial charge in [-0.3, -0.25) is 0 Å². The highest BCUT2D eigenvalue weighted by atomic mass is 16.6. The number of carbonyl (C=O) groups excluding carboxylic acids is 2. The number of alkyl carbamates (subject to hydrolysis) is 1. The van der Waals surface area contributed by atoms with Crippen LogP contribution in [0.25, 0.3) is 0 Å². The number of hydrogen-bond donors (Lipinski definition) is 1. The van der Waals surface area contributed by atoms with E-state index in [1.54, 1.807) is 40.0 Å². The van der Waals surface area contributed by atoms with Gasteiger partial charge in [-0.15, -0.1) is 0 Å². The lowest BCUT2D eigenvalue weighted by Gasteiger charge is -2.23. The third-order valence-electron chi connectivity index (χ3n) is 4.11. The Morgan fingerprint density at radius 3 is 2.30 bits per heavy atom. The molecule has 2 aromatic carbocycles. The zero-order chi connectivity index (χ0) is 22.1. The Hall–Kier alpha value is -3.22. The summed E-state index contributed by atoms with van der Waals surface area (Å²) in [5.74, 6) is 0.450. The van der Waals surface area contributed by atoms with Crippen molar-refractivity contribution in [2.75, 3.05) is 14.2 Å².